The molecule has 0 bridgehead atoms. The van der Waals surface area contributed by atoms with E-state index < -0.39 is 23.6 Å². The number of nitrogens with one attached hydrogen (secondary N) is 1. The number of pyridine rings is 1. The Hall–Kier alpha value is -1.24. The first kappa shape index (κ1) is 13.8. The largest absolute Gasteiger partial charge is 0.466 e. The van der Waals surface area contributed by atoms with E-state index in [0.717, 1.165) is 6.07 Å². The second kappa shape index (κ2) is 5.90. The van der Waals surface area contributed by atoms with Crippen molar-refractivity contribution in [3.63, 3.8) is 0 Å². The number of H-pyrrole nitrogens is 1. The lowest BCUT2D eigenvalue weighted by molar-refractivity contribution is -0.142. The van der Waals surface area contributed by atoms with Crippen molar-refractivity contribution in [3.8, 4) is 0 Å². The molecule has 0 saturated carbocycles. The molecule has 1 N–H and O–H groups in total. The fourth-order valence-corrected chi connectivity index (χ4v) is 1.79. The number of esters is 1. The molecule has 0 spiro atoms. The lowest BCUT2D eigenvalue weighted by Crippen LogP contribution is -2.15. The molecule has 94 valence electrons. The number of halogens is 3. The van der Waals surface area contributed by atoms with Gasteiger partial charge < -0.3 is 9.72 Å². The highest BCUT2D eigenvalue weighted by atomic mass is 79.9. The molecule has 0 aromatic carbocycles. The van der Waals surface area contributed by atoms with Crippen molar-refractivity contribution in [3.05, 3.63) is 32.2 Å². The van der Waals surface area contributed by atoms with E-state index in [1.807, 2.05) is 4.98 Å². The van der Waals surface area contributed by atoms with E-state index in [2.05, 4.69) is 20.7 Å². The molecule has 0 saturated heterocycles. The molecule has 1 heterocycles. The quantitative estimate of drug-likeness (QED) is 0.867. The Morgan fingerprint density at radius 2 is 2.24 bits per heavy atom. The first-order valence-electron chi connectivity index (χ1n) is 4.81. The molecule has 1 aromatic heterocycles. The second-order valence-electron chi connectivity index (χ2n) is 3.17. The minimum Gasteiger partial charge on any atom is -0.466 e. The molecule has 1 rings (SSSR count). The van der Waals surface area contributed by atoms with Gasteiger partial charge in [-0.1, -0.05) is 0 Å². The van der Waals surface area contributed by atoms with Crippen molar-refractivity contribution in [2.24, 2.45) is 0 Å². The van der Waals surface area contributed by atoms with Crippen LogP contribution in [-0.2, 0) is 16.0 Å². The molecule has 0 amide bonds. The molecule has 7 heteroatoms. The van der Waals surface area contributed by atoms with Crippen LogP contribution in [0.5, 0.6) is 0 Å². The third-order valence-corrected chi connectivity index (χ3v) is 2.88. The lowest BCUT2D eigenvalue weighted by atomic mass is 10.1. The Morgan fingerprint density at radius 3 is 2.76 bits per heavy atom. The Labute approximate surface area is 104 Å². The van der Waals surface area contributed by atoms with E-state index in [4.69, 9.17) is 0 Å². The number of aromatic amines is 1. The number of aromatic nitrogens is 1. The Kier molecular flexibility index (Phi) is 4.80. The first-order chi connectivity index (χ1) is 7.95. The highest BCUT2D eigenvalue weighted by Gasteiger charge is 2.18. The van der Waals surface area contributed by atoms with Gasteiger partial charge in [0.25, 0.3) is 6.43 Å². The smallest absolute Gasteiger partial charge is 0.310 e. The van der Waals surface area contributed by atoms with Crippen LogP contribution < -0.4 is 5.56 Å². The van der Waals surface area contributed by atoms with Crippen LogP contribution in [0.25, 0.3) is 0 Å². The van der Waals surface area contributed by atoms with Crippen LogP contribution in [0.2, 0.25) is 0 Å². The van der Waals surface area contributed by atoms with Crippen LogP contribution >= 0.6 is 15.9 Å². The second-order valence-corrected chi connectivity index (χ2v) is 3.96. The van der Waals surface area contributed by atoms with Crippen molar-refractivity contribution in [1.82, 2.24) is 4.98 Å². The van der Waals surface area contributed by atoms with Crippen molar-refractivity contribution in [2.45, 2.75) is 19.8 Å². The molecule has 0 fully saturated rings. The number of carbonyl (C=O) groups excluding carboxylic acids is 1. The van der Waals surface area contributed by atoms with Crippen LogP contribution in [0.1, 0.15) is 24.6 Å². The average molecular weight is 310 g/mol. The molecule has 0 aliphatic carbocycles. The summed E-state index contributed by atoms with van der Waals surface area (Å²) in [4.78, 5) is 24.4. The summed E-state index contributed by atoms with van der Waals surface area (Å²) >= 11 is 2.94. The maximum Gasteiger partial charge on any atom is 0.310 e. The number of ether oxygens (including phenoxy) is 1. The molecule has 0 unspecified atom stereocenters. The third kappa shape index (κ3) is 3.62. The van der Waals surface area contributed by atoms with Crippen LogP contribution in [0.4, 0.5) is 8.78 Å². The topological polar surface area (TPSA) is 59.2 Å². The maximum atomic E-state index is 12.6. The van der Waals surface area contributed by atoms with Gasteiger partial charge in [-0.25, -0.2) is 8.78 Å². The summed E-state index contributed by atoms with van der Waals surface area (Å²) in [6.07, 6.45) is -3.04. The zero-order valence-electron chi connectivity index (χ0n) is 8.93. The number of hydrogen-bond acceptors (Lipinski definition) is 3. The molecular formula is C10H10BrF2NO3. The van der Waals surface area contributed by atoms with Gasteiger partial charge in [0.15, 0.2) is 0 Å². The zero-order chi connectivity index (χ0) is 13.0. The van der Waals surface area contributed by atoms with Crippen LogP contribution in [0.3, 0.4) is 0 Å². The van der Waals surface area contributed by atoms with Crippen molar-refractivity contribution in [1.29, 1.82) is 0 Å². The molecule has 1 aromatic rings. The van der Waals surface area contributed by atoms with Crippen LogP contribution in [0, 0.1) is 0 Å². The van der Waals surface area contributed by atoms with E-state index >= 15 is 0 Å². The summed E-state index contributed by atoms with van der Waals surface area (Å²) in [7, 11) is 0. The lowest BCUT2D eigenvalue weighted by Gasteiger charge is -2.08. The number of rotatable bonds is 4. The van der Waals surface area contributed by atoms with Gasteiger partial charge >= 0.3 is 5.97 Å². The van der Waals surface area contributed by atoms with Gasteiger partial charge in [-0.3, -0.25) is 9.59 Å². The van der Waals surface area contributed by atoms with Gasteiger partial charge in [-0.2, -0.15) is 0 Å². The summed E-state index contributed by atoms with van der Waals surface area (Å²) in [6, 6.07) is 1.09. The van der Waals surface area contributed by atoms with Crippen LogP contribution in [-0.4, -0.2) is 17.6 Å². The predicted octanol–water partition coefficient (Wildman–Crippen LogP) is 2.18. The van der Waals surface area contributed by atoms with E-state index in [0.29, 0.717) is 0 Å². The molecule has 0 aliphatic rings. The monoisotopic (exact) mass is 309 g/mol. The van der Waals surface area contributed by atoms with Gasteiger partial charge in [0.05, 0.1) is 18.7 Å². The normalized spacial score (nSPS) is 10.6. The number of hydrogen-bond donors (Lipinski definition) is 1. The summed E-state index contributed by atoms with van der Waals surface area (Å²) in [5.74, 6) is -0.570. The Morgan fingerprint density at radius 1 is 1.59 bits per heavy atom. The highest BCUT2D eigenvalue weighted by molar-refractivity contribution is 9.10. The predicted molar refractivity (Wildman–Crippen MR) is 60.1 cm³/mol. The SMILES string of the molecule is CCOC(=O)Cc1cc(=O)[nH]c(C(F)F)c1Br. The van der Waals surface area contributed by atoms with E-state index in [-0.39, 0.29) is 23.1 Å². The summed E-state index contributed by atoms with van der Waals surface area (Å²) in [6.45, 7) is 1.83. The van der Waals surface area contributed by atoms with Gasteiger partial charge in [-0.05, 0) is 28.4 Å². The number of carbonyl (C=O) groups is 1. The summed E-state index contributed by atoms with van der Waals surface area (Å²) in [5, 5.41) is 0. The zero-order valence-corrected chi connectivity index (χ0v) is 10.5. The summed E-state index contributed by atoms with van der Waals surface area (Å²) < 4.78 is 29.8. The highest BCUT2D eigenvalue weighted by Crippen LogP contribution is 2.27. The van der Waals surface area contributed by atoms with E-state index in [1.54, 1.807) is 6.92 Å². The molecular weight excluding hydrogens is 300 g/mol. The van der Waals surface area contributed by atoms with E-state index in [1.165, 1.54) is 0 Å². The van der Waals surface area contributed by atoms with Crippen LogP contribution in [0.15, 0.2) is 15.3 Å². The van der Waals surface area contributed by atoms with Crippen molar-refractivity contribution < 1.29 is 18.3 Å². The van der Waals surface area contributed by atoms with E-state index in [9.17, 15) is 18.4 Å². The Balaban J connectivity index is 3.08. The Bertz CT molecular complexity index is 473. The molecule has 0 atom stereocenters. The standard InChI is InChI=1S/C10H10BrF2NO3/c1-2-17-7(16)4-5-3-6(15)14-9(8(5)11)10(12)13/h3,10H,2,4H2,1H3,(H,14,15). The van der Waals surface area contributed by atoms with Gasteiger partial charge in [-0.15, -0.1) is 0 Å². The first-order valence-corrected chi connectivity index (χ1v) is 5.60. The molecule has 0 radical (unpaired) electrons. The minimum absolute atomic E-state index is 0.0279. The fourth-order valence-electron chi connectivity index (χ4n) is 1.26. The third-order valence-electron chi connectivity index (χ3n) is 1.94. The fraction of sp³-hybridized carbons (Fsp3) is 0.400. The number of alkyl halides is 2. The average Bonchev–Trinajstić information content (AvgIpc) is 2.22. The van der Waals surface area contributed by atoms with Crippen molar-refractivity contribution in [2.75, 3.05) is 6.61 Å². The summed E-state index contributed by atoms with van der Waals surface area (Å²) in [5.41, 5.74) is -1.03. The molecule has 4 nitrogen and oxygen atoms in total. The molecule has 17 heavy (non-hydrogen) atoms. The van der Waals surface area contributed by atoms with Crippen molar-refractivity contribution >= 4 is 21.9 Å². The van der Waals surface area contributed by atoms with Gasteiger partial charge in [0, 0.05) is 10.5 Å². The minimum atomic E-state index is -2.82. The maximum absolute atomic E-state index is 12.6. The van der Waals surface area contributed by atoms with Gasteiger partial charge in [0.2, 0.25) is 5.56 Å². The van der Waals surface area contributed by atoms with Gasteiger partial charge in [0.1, 0.15) is 0 Å². The molecule has 0 aliphatic heterocycles.